The molecule has 0 spiro atoms. The molecule has 0 saturated carbocycles. The highest BCUT2D eigenvalue weighted by molar-refractivity contribution is 6.15. The van der Waals surface area contributed by atoms with Crippen LogP contribution in [0.4, 0.5) is 0 Å². The third-order valence-electron chi connectivity index (χ3n) is 4.78. The van der Waals surface area contributed by atoms with Crippen LogP contribution in [-0.4, -0.2) is 17.0 Å². The summed E-state index contributed by atoms with van der Waals surface area (Å²) in [6.07, 6.45) is 3.83. The minimum Gasteiger partial charge on any atom is -0.478 e. The Kier molecular flexibility index (Phi) is 4.17. The van der Waals surface area contributed by atoms with Gasteiger partial charge in [-0.3, -0.25) is 4.79 Å². The summed E-state index contributed by atoms with van der Waals surface area (Å²) in [6.45, 7) is 4.71. The molecule has 2 heterocycles. The van der Waals surface area contributed by atoms with Crippen LogP contribution in [0.25, 0.3) is 17.0 Å². The van der Waals surface area contributed by atoms with E-state index in [1.54, 1.807) is 18.2 Å². The average Bonchev–Trinajstić information content (AvgIpc) is 3.20. The summed E-state index contributed by atoms with van der Waals surface area (Å²) < 4.78 is 13.5. The molecule has 0 N–H and O–H groups in total. The molecule has 1 aromatic heterocycles. The smallest absolute Gasteiger partial charge is 0.231 e. The Morgan fingerprint density at radius 2 is 2.07 bits per heavy atom. The van der Waals surface area contributed by atoms with E-state index in [0.717, 1.165) is 28.6 Å². The largest absolute Gasteiger partial charge is 0.478 e. The fourth-order valence-corrected chi connectivity index (χ4v) is 3.43. The summed E-state index contributed by atoms with van der Waals surface area (Å²) in [4.78, 5) is 12.8. The lowest BCUT2D eigenvalue weighted by molar-refractivity contribution is 0.101. The van der Waals surface area contributed by atoms with Gasteiger partial charge in [0.25, 0.3) is 0 Å². The molecule has 0 fully saturated rings. The number of hydrogen-bond donors (Lipinski definition) is 0. The summed E-state index contributed by atoms with van der Waals surface area (Å²) in [5, 5.41) is 9.78. The van der Waals surface area contributed by atoms with E-state index in [1.807, 2.05) is 37.4 Å². The van der Waals surface area contributed by atoms with E-state index in [9.17, 15) is 4.79 Å². The van der Waals surface area contributed by atoms with Crippen molar-refractivity contribution in [2.24, 2.45) is 0 Å². The third-order valence-corrected chi connectivity index (χ3v) is 4.78. The van der Waals surface area contributed by atoms with Crippen molar-refractivity contribution in [1.82, 2.24) is 4.57 Å². The fourth-order valence-electron chi connectivity index (χ4n) is 3.43. The number of ether oxygens (including phenoxy) is 2. The Labute approximate surface area is 157 Å². The average molecular weight is 358 g/mol. The van der Waals surface area contributed by atoms with Crippen molar-refractivity contribution in [3.05, 3.63) is 65.0 Å². The molecule has 3 aromatic rings. The first kappa shape index (κ1) is 16.9. The lowest BCUT2D eigenvalue weighted by Crippen LogP contribution is -1.98. The monoisotopic (exact) mass is 358 g/mol. The maximum Gasteiger partial charge on any atom is 0.231 e. The van der Waals surface area contributed by atoms with E-state index in [0.29, 0.717) is 22.8 Å². The first-order chi connectivity index (χ1) is 13.1. The van der Waals surface area contributed by atoms with Crippen molar-refractivity contribution >= 4 is 22.8 Å². The Morgan fingerprint density at radius 1 is 1.26 bits per heavy atom. The zero-order chi connectivity index (χ0) is 19.0. The molecule has 1 aliphatic heterocycles. The van der Waals surface area contributed by atoms with Gasteiger partial charge in [-0.1, -0.05) is 18.2 Å². The molecule has 0 saturated heterocycles. The van der Waals surface area contributed by atoms with Gasteiger partial charge in [0.05, 0.1) is 5.56 Å². The van der Waals surface area contributed by atoms with Crippen LogP contribution in [0.1, 0.15) is 28.4 Å². The van der Waals surface area contributed by atoms with Gasteiger partial charge in [-0.15, -0.1) is 0 Å². The summed E-state index contributed by atoms with van der Waals surface area (Å²) in [6, 6.07) is 13.4. The van der Waals surface area contributed by atoms with Crippen LogP contribution >= 0.6 is 0 Å². The molecule has 4 rings (SSSR count). The summed E-state index contributed by atoms with van der Waals surface area (Å²) in [5.74, 6) is 1.20. The minimum absolute atomic E-state index is 0.0488. The zero-order valence-electron chi connectivity index (χ0n) is 15.2. The number of ketones is 1. The van der Waals surface area contributed by atoms with Gasteiger partial charge in [-0.25, -0.2) is 0 Å². The van der Waals surface area contributed by atoms with Crippen molar-refractivity contribution < 1.29 is 14.3 Å². The van der Waals surface area contributed by atoms with Gasteiger partial charge in [-0.2, -0.15) is 5.26 Å². The van der Waals surface area contributed by atoms with E-state index in [4.69, 9.17) is 14.7 Å². The van der Waals surface area contributed by atoms with Crippen LogP contribution in [0, 0.1) is 18.3 Å². The number of hydrogen-bond acceptors (Lipinski definition) is 4. The number of fused-ring (bicyclic) bond motifs is 2. The van der Waals surface area contributed by atoms with Gasteiger partial charge in [0, 0.05) is 34.8 Å². The molecule has 2 aromatic carbocycles. The Bertz CT molecular complexity index is 1130. The highest BCUT2D eigenvalue weighted by atomic mass is 16.5. The van der Waals surface area contributed by atoms with E-state index < -0.39 is 0 Å². The van der Waals surface area contributed by atoms with Crippen molar-refractivity contribution in [3.63, 3.8) is 0 Å². The second kappa shape index (κ2) is 6.65. The van der Waals surface area contributed by atoms with Crippen LogP contribution in [0.3, 0.4) is 0 Å². The maximum absolute atomic E-state index is 12.8. The van der Waals surface area contributed by atoms with E-state index in [1.165, 1.54) is 0 Å². The maximum atomic E-state index is 12.8. The van der Waals surface area contributed by atoms with Crippen LogP contribution in [-0.2, 0) is 6.54 Å². The number of para-hydroxylation sites is 1. The number of benzene rings is 2. The number of allylic oxidation sites excluding steroid dienone is 1. The van der Waals surface area contributed by atoms with Crippen molar-refractivity contribution in [3.8, 4) is 17.6 Å². The Balaban J connectivity index is 1.75. The highest BCUT2D eigenvalue weighted by Gasteiger charge is 2.30. The molecule has 5 heteroatoms. The molecular formula is C22H18N2O3. The van der Waals surface area contributed by atoms with Gasteiger partial charge < -0.3 is 14.0 Å². The Hall–Kier alpha value is -3.52. The van der Waals surface area contributed by atoms with Crippen LogP contribution in [0.5, 0.6) is 11.5 Å². The van der Waals surface area contributed by atoms with Crippen molar-refractivity contribution in [1.29, 1.82) is 5.26 Å². The quantitative estimate of drug-likeness (QED) is 0.645. The second-order valence-electron chi connectivity index (χ2n) is 6.34. The first-order valence-corrected chi connectivity index (χ1v) is 8.79. The molecule has 0 atom stereocenters. The number of carbonyl (C=O) groups is 1. The van der Waals surface area contributed by atoms with Crippen molar-refractivity contribution in [2.45, 2.75) is 20.4 Å². The molecule has 5 nitrogen and oxygen atoms in total. The van der Waals surface area contributed by atoms with Crippen LogP contribution in [0.2, 0.25) is 0 Å². The number of nitriles is 1. The molecule has 1 aliphatic rings. The molecule has 0 amide bonds. The molecular weight excluding hydrogens is 340 g/mol. The molecule has 134 valence electrons. The van der Waals surface area contributed by atoms with Gasteiger partial charge in [0.1, 0.15) is 17.6 Å². The van der Waals surface area contributed by atoms with E-state index in [2.05, 4.69) is 17.6 Å². The number of aryl methyl sites for hydroxylation is 1. The van der Waals surface area contributed by atoms with Crippen LogP contribution < -0.4 is 9.47 Å². The van der Waals surface area contributed by atoms with Gasteiger partial charge in [-0.05, 0) is 38.1 Å². The SMILES string of the molecule is CCn1cc(/C=C2/Oc3c(ccc(OCC#N)c3C)C2=O)c2ccccc21. The molecule has 27 heavy (non-hydrogen) atoms. The highest BCUT2D eigenvalue weighted by Crippen LogP contribution is 2.39. The first-order valence-electron chi connectivity index (χ1n) is 8.79. The lowest BCUT2D eigenvalue weighted by atomic mass is 10.1. The molecule has 0 unspecified atom stereocenters. The zero-order valence-corrected chi connectivity index (χ0v) is 15.2. The number of rotatable bonds is 4. The number of nitrogens with zero attached hydrogens (tertiary/aromatic N) is 2. The van der Waals surface area contributed by atoms with Crippen molar-refractivity contribution in [2.75, 3.05) is 6.61 Å². The second-order valence-corrected chi connectivity index (χ2v) is 6.34. The molecule has 0 bridgehead atoms. The predicted molar refractivity (Wildman–Crippen MR) is 103 cm³/mol. The normalized spacial score (nSPS) is 14.3. The Morgan fingerprint density at radius 3 is 2.85 bits per heavy atom. The number of Topliss-reactive ketones (excluding diaryl/α,β-unsaturated/α-hetero) is 1. The summed E-state index contributed by atoms with van der Waals surface area (Å²) in [7, 11) is 0. The van der Waals surface area contributed by atoms with Gasteiger partial charge in [0.2, 0.25) is 5.78 Å². The summed E-state index contributed by atoms with van der Waals surface area (Å²) >= 11 is 0. The lowest BCUT2D eigenvalue weighted by Gasteiger charge is -2.08. The molecule has 0 radical (unpaired) electrons. The predicted octanol–water partition coefficient (Wildman–Crippen LogP) is 4.49. The summed E-state index contributed by atoms with van der Waals surface area (Å²) in [5.41, 5.74) is 3.30. The van der Waals surface area contributed by atoms with Gasteiger partial charge >= 0.3 is 0 Å². The third kappa shape index (κ3) is 2.76. The fraction of sp³-hybridized carbons (Fsp3) is 0.182. The minimum atomic E-state index is -0.145. The van der Waals surface area contributed by atoms with Gasteiger partial charge in [0.15, 0.2) is 12.4 Å². The van der Waals surface area contributed by atoms with E-state index >= 15 is 0 Å². The number of aromatic nitrogens is 1. The number of carbonyl (C=O) groups excluding carboxylic acids is 1. The molecule has 0 aliphatic carbocycles. The standard InChI is InChI=1S/C22H18N2O3/c1-3-24-13-15(16-6-4-5-7-18(16)24)12-20-21(25)17-8-9-19(26-11-10-23)14(2)22(17)27-20/h4-9,12-13H,3,11H2,1-2H3/b20-12+. The topological polar surface area (TPSA) is 64.2 Å². The van der Waals surface area contributed by atoms with Crippen LogP contribution in [0.15, 0.2) is 48.4 Å². The van der Waals surface area contributed by atoms with E-state index in [-0.39, 0.29) is 12.4 Å².